The van der Waals surface area contributed by atoms with Crippen LogP contribution in [0.1, 0.15) is 37.7 Å². The standard InChI is InChI=1S/C24H30FN5O2/c25-19-4-2-18(3-5-19)24(10-1-11-24)16-28-22(31)21(26)17-8-14-30(15-9-17)23(32)29-20-6-12-27-13-7-20/h2-7,12-13,17,21H,1,8-11,14-16,26H2,(H,28,31)(H,27,29,32). The fourth-order valence-corrected chi connectivity index (χ4v) is 4.66. The van der Waals surface area contributed by atoms with Gasteiger partial charge in [0.15, 0.2) is 0 Å². The molecule has 8 heteroatoms. The summed E-state index contributed by atoms with van der Waals surface area (Å²) in [6.07, 6.45) is 7.66. The predicted molar refractivity (Wildman–Crippen MR) is 120 cm³/mol. The van der Waals surface area contributed by atoms with E-state index in [0.717, 1.165) is 24.8 Å². The zero-order chi connectivity index (χ0) is 22.6. The largest absolute Gasteiger partial charge is 0.354 e. The van der Waals surface area contributed by atoms with E-state index in [0.29, 0.717) is 38.2 Å². The third-order valence-electron chi connectivity index (χ3n) is 6.94. The lowest BCUT2D eigenvalue weighted by Gasteiger charge is -2.43. The van der Waals surface area contributed by atoms with Crippen LogP contribution in [0.5, 0.6) is 0 Å². The molecule has 4 N–H and O–H groups in total. The highest BCUT2D eigenvalue weighted by atomic mass is 19.1. The third kappa shape index (κ3) is 4.91. The lowest BCUT2D eigenvalue weighted by molar-refractivity contribution is -0.124. The molecule has 4 rings (SSSR count). The second-order valence-electron chi connectivity index (χ2n) is 8.87. The van der Waals surface area contributed by atoms with Gasteiger partial charge in [-0.15, -0.1) is 0 Å². The zero-order valence-corrected chi connectivity index (χ0v) is 18.1. The molecule has 1 aliphatic carbocycles. The molecular formula is C24H30FN5O2. The first-order valence-electron chi connectivity index (χ1n) is 11.2. The summed E-state index contributed by atoms with van der Waals surface area (Å²) < 4.78 is 13.3. The minimum absolute atomic E-state index is 0.0307. The average molecular weight is 440 g/mol. The monoisotopic (exact) mass is 439 g/mol. The maximum absolute atomic E-state index is 13.3. The second kappa shape index (κ2) is 9.65. The Morgan fingerprint density at radius 2 is 1.78 bits per heavy atom. The molecular weight excluding hydrogens is 409 g/mol. The average Bonchev–Trinajstić information content (AvgIpc) is 2.79. The Labute approximate surface area is 187 Å². The van der Waals surface area contributed by atoms with Gasteiger partial charge >= 0.3 is 6.03 Å². The van der Waals surface area contributed by atoms with Gasteiger partial charge in [-0.2, -0.15) is 0 Å². The molecule has 0 spiro atoms. The van der Waals surface area contributed by atoms with Gasteiger partial charge in [-0.3, -0.25) is 9.78 Å². The number of carbonyl (C=O) groups is 2. The van der Waals surface area contributed by atoms with Gasteiger partial charge < -0.3 is 21.3 Å². The lowest BCUT2D eigenvalue weighted by atomic mass is 9.64. The number of nitrogens with zero attached hydrogens (tertiary/aromatic N) is 2. The van der Waals surface area contributed by atoms with Crippen molar-refractivity contribution in [2.75, 3.05) is 25.0 Å². The molecule has 7 nitrogen and oxygen atoms in total. The number of carbonyl (C=O) groups excluding carboxylic acids is 2. The van der Waals surface area contributed by atoms with Crippen molar-refractivity contribution in [2.45, 2.75) is 43.6 Å². The number of benzene rings is 1. The van der Waals surface area contributed by atoms with Crippen molar-refractivity contribution in [2.24, 2.45) is 11.7 Å². The van der Waals surface area contributed by atoms with Crippen molar-refractivity contribution in [1.82, 2.24) is 15.2 Å². The molecule has 2 fully saturated rings. The fourth-order valence-electron chi connectivity index (χ4n) is 4.66. The molecule has 1 aliphatic heterocycles. The number of pyridine rings is 1. The number of urea groups is 1. The quantitative estimate of drug-likeness (QED) is 0.644. The van der Waals surface area contributed by atoms with Gasteiger partial charge in [-0.05, 0) is 61.4 Å². The minimum atomic E-state index is -0.606. The third-order valence-corrected chi connectivity index (χ3v) is 6.94. The smallest absolute Gasteiger partial charge is 0.321 e. The fraction of sp³-hybridized carbons (Fsp3) is 0.458. The molecule has 1 unspecified atom stereocenters. The van der Waals surface area contributed by atoms with E-state index in [-0.39, 0.29) is 29.1 Å². The molecule has 1 atom stereocenters. The summed E-state index contributed by atoms with van der Waals surface area (Å²) in [5, 5.41) is 5.91. The molecule has 2 heterocycles. The highest BCUT2D eigenvalue weighted by Crippen LogP contribution is 2.43. The summed E-state index contributed by atoms with van der Waals surface area (Å²) >= 11 is 0. The molecule has 32 heavy (non-hydrogen) atoms. The van der Waals surface area contributed by atoms with Crippen molar-refractivity contribution in [1.29, 1.82) is 0 Å². The minimum Gasteiger partial charge on any atom is -0.354 e. The van der Waals surface area contributed by atoms with Crippen LogP contribution < -0.4 is 16.4 Å². The van der Waals surface area contributed by atoms with Crippen LogP contribution in [-0.2, 0) is 10.2 Å². The van der Waals surface area contributed by atoms with Crippen molar-refractivity contribution in [3.05, 3.63) is 60.2 Å². The van der Waals surface area contributed by atoms with Crippen molar-refractivity contribution < 1.29 is 14.0 Å². The number of amides is 3. The predicted octanol–water partition coefficient (Wildman–Crippen LogP) is 3.03. The van der Waals surface area contributed by atoms with Crippen LogP contribution in [0.2, 0.25) is 0 Å². The summed E-state index contributed by atoms with van der Waals surface area (Å²) in [7, 11) is 0. The number of anilines is 1. The molecule has 170 valence electrons. The van der Waals surface area contributed by atoms with Crippen LogP contribution >= 0.6 is 0 Å². The zero-order valence-electron chi connectivity index (χ0n) is 18.1. The van der Waals surface area contributed by atoms with Gasteiger partial charge in [-0.1, -0.05) is 18.6 Å². The molecule has 0 bridgehead atoms. The lowest BCUT2D eigenvalue weighted by Crippen LogP contribution is -2.53. The van der Waals surface area contributed by atoms with Gasteiger partial charge in [0.2, 0.25) is 5.91 Å². The molecule has 1 saturated carbocycles. The van der Waals surface area contributed by atoms with Gasteiger partial charge in [-0.25, -0.2) is 9.18 Å². The van der Waals surface area contributed by atoms with E-state index in [4.69, 9.17) is 5.73 Å². The Morgan fingerprint density at radius 1 is 1.12 bits per heavy atom. The second-order valence-corrected chi connectivity index (χ2v) is 8.87. The highest BCUT2D eigenvalue weighted by molar-refractivity contribution is 5.89. The summed E-state index contributed by atoms with van der Waals surface area (Å²) in [4.78, 5) is 30.9. The van der Waals surface area contributed by atoms with E-state index in [9.17, 15) is 14.0 Å². The van der Waals surface area contributed by atoms with Crippen LogP contribution in [0.25, 0.3) is 0 Å². The molecule has 0 radical (unpaired) electrons. The molecule has 2 aromatic rings. The van der Waals surface area contributed by atoms with E-state index >= 15 is 0 Å². The van der Waals surface area contributed by atoms with Crippen LogP contribution in [0, 0.1) is 11.7 Å². The molecule has 2 aliphatic rings. The first-order valence-corrected chi connectivity index (χ1v) is 11.2. The SMILES string of the molecule is NC(C(=O)NCC1(c2ccc(F)cc2)CCC1)C1CCN(C(=O)Nc2ccncc2)CC1. The summed E-state index contributed by atoms with van der Waals surface area (Å²) in [6.45, 7) is 1.63. The van der Waals surface area contributed by atoms with Crippen LogP contribution in [0.3, 0.4) is 0 Å². The number of hydrogen-bond acceptors (Lipinski definition) is 4. The number of rotatable bonds is 6. The maximum atomic E-state index is 13.3. The number of hydrogen-bond donors (Lipinski definition) is 3. The van der Waals surface area contributed by atoms with Crippen LogP contribution in [0.15, 0.2) is 48.8 Å². The first-order chi connectivity index (χ1) is 15.5. The normalized spacial score (nSPS) is 19.0. The van der Waals surface area contributed by atoms with E-state index in [1.54, 1.807) is 29.4 Å². The molecule has 1 saturated heterocycles. The number of halogens is 1. The Kier molecular flexibility index (Phi) is 6.69. The van der Waals surface area contributed by atoms with Crippen LogP contribution in [-0.4, -0.2) is 47.5 Å². The summed E-state index contributed by atoms with van der Waals surface area (Å²) in [6, 6.07) is 9.30. The van der Waals surface area contributed by atoms with Crippen molar-refractivity contribution >= 4 is 17.6 Å². The number of nitrogens with two attached hydrogens (primary N) is 1. The van der Waals surface area contributed by atoms with Gasteiger partial charge in [0.1, 0.15) is 5.82 Å². The van der Waals surface area contributed by atoms with Crippen molar-refractivity contribution in [3.8, 4) is 0 Å². The Morgan fingerprint density at radius 3 is 2.38 bits per heavy atom. The summed E-state index contributed by atoms with van der Waals surface area (Å²) in [5.41, 5.74) is 7.93. The van der Waals surface area contributed by atoms with Gasteiger partial charge in [0, 0.05) is 43.1 Å². The van der Waals surface area contributed by atoms with Gasteiger partial charge in [0.25, 0.3) is 0 Å². The van der Waals surface area contributed by atoms with Gasteiger partial charge in [0.05, 0.1) is 6.04 Å². The number of nitrogens with one attached hydrogen (secondary N) is 2. The molecule has 1 aromatic carbocycles. The highest BCUT2D eigenvalue weighted by Gasteiger charge is 2.39. The first kappa shape index (κ1) is 22.2. The van der Waals surface area contributed by atoms with E-state index < -0.39 is 6.04 Å². The Hall–Kier alpha value is -3.00. The molecule has 1 aromatic heterocycles. The van der Waals surface area contributed by atoms with E-state index in [1.165, 1.54) is 12.1 Å². The Balaban J connectivity index is 1.26. The summed E-state index contributed by atoms with van der Waals surface area (Å²) in [5.74, 6) is -0.378. The molecule has 3 amide bonds. The maximum Gasteiger partial charge on any atom is 0.321 e. The number of likely N-dealkylation sites (tertiary alicyclic amines) is 1. The van der Waals surface area contributed by atoms with Crippen LogP contribution in [0.4, 0.5) is 14.9 Å². The topological polar surface area (TPSA) is 100 Å². The number of piperidine rings is 1. The Bertz CT molecular complexity index is 925. The van der Waals surface area contributed by atoms with Crippen molar-refractivity contribution in [3.63, 3.8) is 0 Å². The number of aromatic nitrogens is 1. The van der Waals surface area contributed by atoms with E-state index in [1.807, 2.05) is 12.1 Å². The van der Waals surface area contributed by atoms with E-state index in [2.05, 4.69) is 15.6 Å².